The Balaban J connectivity index is 1.75. The summed E-state index contributed by atoms with van der Waals surface area (Å²) in [5.41, 5.74) is 2.16. The van der Waals surface area contributed by atoms with Gasteiger partial charge in [-0.2, -0.15) is 0 Å². The molecule has 0 fully saturated rings. The average Bonchev–Trinajstić information content (AvgIpc) is 3.22. The van der Waals surface area contributed by atoms with E-state index in [9.17, 15) is 13.2 Å². The minimum absolute atomic E-state index is 0.180. The fourth-order valence-electron chi connectivity index (χ4n) is 2.23. The minimum Gasteiger partial charge on any atom is -0.345 e. The second kappa shape index (κ2) is 6.81. The third kappa shape index (κ3) is 3.80. The first kappa shape index (κ1) is 17.4. The quantitative estimate of drug-likeness (QED) is 0.743. The Hall–Kier alpha value is -2.45. The van der Waals surface area contributed by atoms with Crippen LogP contribution in [0.15, 0.2) is 53.0 Å². The zero-order valence-corrected chi connectivity index (χ0v) is 15.4. The SMILES string of the molecule is Cc1ccc(S(=O)(=O)n2ccc(C(=O)NCc3nc(C)cs3)c2)cc1. The highest BCUT2D eigenvalue weighted by Crippen LogP contribution is 2.16. The van der Waals surface area contributed by atoms with E-state index in [1.54, 1.807) is 24.3 Å². The first-order valence-corrected chi connectivity index (χ1v) is 9.88. The van der Waals surface area contributed by atoms with Crippen molar-refractivity contribution in [3.63, 3.8) is 0 Å². The molecule has 0 aliphatic heterocycles. The molecule has 25 heavy (non-hydrogen) atoms. The van der Waals surface area contributed by atoms with Gasteiger partial charge in [0.1, 0.15) is 5.01 Å². The number of rotatable bonds is 5. The van der Waals surface area contributed by atoms with Crippen molar-refractivity contribution in [2.24, 2.45) is 0 Å². The number of hydrogen-bond acceptors (Lipinski definition) is 5. The predicted molar refractivity (Wildman–Crippen MR) is 96.2 cm³/mol. The molecule has 0 radical (unpaired) electrons. The Morgan fingerprint density at radius 2 is 1.92 bits per heavy atom. The zero-order valence-electron chi connectivity index (χ0n) is 13.8. The molecule has 2 heterocycles. The van der Waals surface area contributed by atoms with E-state index in [2.05, 4.69) is 10.3 Å². The molecule has 2 aromatic heterocycles. The van der Waals surface area contributed by atoms with Crippen LogP contribution < -0.4 is 5.32 Å². The lowest BCUT2D eigenvalue weighted by Crippen LogP contribution is -2.22. The van der Waals surface area contributed by atoms with Crippen LogP contribution >= 0.6 is 11.3 Å². The Morgan fingerprint density at radius 1 is 1.20 bits per heavy atom. The van der Waals surface area contributed by atoms with Crippen LogP contribution in [0.3, 0.4) is 0 Å². The van der Waals surface area contributed by atoms with E-state index in [1.165, 1.54) is 29.8 Å². The van der Waals surface area contributed by atoms with Gasteiger partial charge < -0.3 is 5.32 Å². The molecule has 0 aliphatic carbocycles. The van der Waals surface area contributed by atoms with E-state index in [-0.39, 0.29) is 16.4 Å². The summed E-state index contributed by atoms with van der Waals surface area (Å²) in [6.07, 6.45) is 2.69. The Kier molecular flexibility index (Phi) is 4.73. The molecule has 0 spiro atoms. The topological polar surface area (TPSA) is 81.1 Å². The van der Waals surface area contributed by atoms with Gasteiger partial charge in [-0.25, -0.2) is 17.4 Å². The van der Waals surface area contributed by atoms with Crippen molar-refractivity contribution in [1.29, 1.82) is 0 Å². The highest BCUT2D eigenvalue weighted by Gasteiger charge is 2.18. The number of aromatic nitrogens is 2. The lowest BCUT2D eigenvalue weighted by atomic mass is 10.2. The highest BCUT2D eigenvalue weighted by atomic mass is 32.2. The van der Waals surface area contributed by atoms with E-state index in [4.69, 9.17) is 0 Å². The summed E-state index contributed by atoms with van der Waals surface area (Å²) in [5, 5.41) is 5.45. The maximum atomic E-state index is 12.6. The number of hydrogen-bond donors (Lipinski definition) is 1. The Morgan fingerprint density at radius 3 is 2.56 bits per heavy atom. The molecule has 3 rings (SSSR count). The first-order chi connectivity index (χ1) is 11.9. The molecule has 3 aromatic rings. The molecule has 0 saturated heterocycles. The van der Waals surface area contributed by atoms with Gasteiger partial charge in [-0.1, -0.05) is 17.7 Å². The number of nitrogens with zero attached hydrogens (tertiary/aromatic N) is 2. The second-order valence-electron chi connectivity index (χ2n) is 5.61. The van der Waals surface area contributed by atoms with Gasteiger partial charge in [0.2, 0.25) is 0 Å². The molecule has 1 amide bonds. The normalized spacial score (nSPS) is 11.4. The van der Waals surface area contributed by atoms with Crippen molar-refractivity contribution < 1.29 is 13.2 Å². The van der Waals surface area contributed by atoms with Gasteiger partial charge in [0.15, 0.2) is 0 Å². The number of nitrogens with one attached hydrogen (secondary N) is 1. The van der Waals surface area contributed by atoms with Crippen LogP contribution in [-0.2, 0) is 16.6 Å². The van der Waals surface area contributed by atoms with Gasteiger partial charge >= 0.3 is 0 Å². The Bertz CT molecular complexity index is 1000. The molecule has 0 unspecified atom stereocenters. The lowest BCUT2D eigenvalue weighted by Gasteiger charge is -2.06. The van der Waals surface area contributed by atoms with Crippen LogP contribution in [0.4, 0.5) is 0 Å². The highest BCUT2D eigenvalue weighted by molar-refractivity contribution is 7.90. The van der Waals surface area contributed by atoms with Gasteiger partial charge in [0.25, 0.3) is 15.9 Å². The monoisotopic (exact) mass is 375 g/mol. The fourth-order valence-corrected chi connectivity index (χ4v) is 4.14. The average molecular weight is 375 g/mol. The van der Waals surface area contributed by atoms with E-state index in [0.717, 1.165) is 20.2 Å². The van der Waals surface area contributed by atoms with E-state index >= 15 is 0 Å². The molecular formula is C17H17N3O3S2. The van der Waals surface area contributed by atoms with Crippen LogP contribution in [0.25, 0.3) is 0 Å². The molecule has 0 aliphatic rings. The van der Waals surface area contributed by atoms with E-state index in [1.807, 2.05) is 19.2 Å². The molecule has 130 valence electrons. The van der Waals surface area contributed by atoms with Crippen LogP contribution in [0.1, 0.15) is 26.6 Å². The maximum absolute atomic E-state index is 12.6. The van der Waals surface area contributed by atoms with Crippen LogP contribution in [0.2, 0.25) is 0 Å². The summed E-state index contributed by atoms with van der Waals surface area (Å²) >= 11 is 1.47. The summed E-state index contributed by atoms with van der Waals surface area (Å²) in [4.78, 5) is 16.7. The van der Waals surface area contributed by atoms with Crippen LogP contribution in [0, 0.1) is 13.8 Å². The molecule has 0 bridgehead atoms. The summed E-state index contributed by atoms with van der Waals surface area (Å²) in [5.74, 6) is -0.342. The third-order valence-electron chi connectivity index (χ3n) is 3.59. The van der Waals surface area contributed by atoms with Crippen molar-refractivity contribution in [2.45, 2.75) is 25.3 Å². The van der Waals surface area contributed by atoms with Gasteiger partial charge in [-0.05, 0) is 32.0 Å². The van der Waals surface area contributed by atoms with Gasteiger partial charge in [0, 0.05) is 23.5 Å². The largest absolute Gasteiger partial charge is 0.345 e. The molecular weight excluding hydrogens is 358 g/mol. The van der Waals surface area contributed by atoms with Gasteiger partial charge in [0.05, 0.1) is 17.0 Å². The second-order valence-corrected chi connectivity index (χ2v) is 8.40. The smallest absolute Gasteiger partial charge is 0.267 e. The number of thiazole rings is 1. The van der Waals surface area contributed by atoms with Crippen molar-refractivity contribution in [1.82, 2.24) is 14.3 Å². The lowest BCUT2D eigenvalue weighted by molar-refractivity contribution is 0.0951. The summed E-state index contributed by atoms with van der Waals surface area (Å²) in [6, 6.07) is 8.05. The number of amides is 1. The molecule has 1 N–H and O–H groups in total. The first-order valence-electron chi connectivity index (χ1n) is 7.56. The molecule has 6 nitrogen and oxygen atoms in total. The number of carbonyl (C=O) groups excluding carboxylic acids is 1. The number of carbonyl (C=O) groups is 1. The number of aryl methyl sites for hydroxylation is 2. The van der Waals surface area contributed by atoms with Gasteiger partial charge in [-0.15, -0.1) is 11.3 Å². The van der Waals surface area contributed by atoms with Gasteiger partial charge in [-0.3, -0.25) is 4.79 Å². The summed E-state index contributed by atoms with van der Waals surface area (Å²) < 4.78 is 26.2. The fraction of sp³-hybridized carbons (Fsp3) is 0.176. The minimum atomic E-state index is -3.71. The summed E-state index contributed by atoms with van der Waals surface area (Å²) in [6.45, 7) is 4.09. The van der Waals surface area contributed by atoms with Crippen molar-refractivity contribution >= 4 is 27.3 Å². The maximum Gasteiger partial charge on any atom is 0.267 e. The third-order valence-corrected chi connectivity index (χ3v) is 6.21. The zero-order chi connectivity index (χ0) is 18.0. The van der Waals surface area contributed by atoms with E-state index < -0.39 is 10.0 Å². The number of benzene rings is 1. The van der Waals surface area contributed by atoms with E-state index in [0.29, 0.717) is 6.54 Å². The predicted octanol–water partition coefficient (Wildman–Crippen LogP) is 2.73. The van der Waals surface area contributed by atoms with Crippen LogP contribution in [0.5, 0.6) is 0 Å². The van der Waals surface area contributed by atoms with Crippen molar-refractivity contribution in [3.8, 4) is 0 Å². The summed E-state index contributed by atoms with van der Waals surface area (Å²) in [7, 11) is -3.71. The molecule has 0 saturated carbocycles. The van der Waals surface area contributed by atoms with Crippen LogP contribution in [-0.4, -0.2) is 23.3 Å². The van der Waals surface area contributed by atoms with Crippen molar-refractivity contribution in [3.05, 3.63) is 69.9 Å². The molecule has 1 aromatic carbocycles. The standard InChI is InChI=1S/C17H17N3O3S2/c1-12-3-5-15(6-4-12)25(22,23)20-8-7-14(10-20)17(21)18-9-16-19-13(2)11-24-16/h3-8,10-11H,9H2,1-2H3,(H,18,21). The Labute approximate surface area is 150 Å². The molecule has 0 atom stereocenters. The van der Waals surface area contributed by atoms with Crippen molar-refractivity contribution in [2.75, 3.05) is 0 Å². The molecule has 8 heteroatoms.